The second kappa shape index (κ2) is 13.7. The molecule has 7 aromatic carbocycles. The smallest absolute Gasteiger partial charge is 0.0715 e. The van der Waals surface area contributed by atoms with E-state index in [4.69, 9.17) is 0 Å². The van der Waals surface area contributed by atoms with Crippen LogP contribution in [0.1, 0.15) is 124 Å². The molecule has 0 saturated heterocycles. The van der Waals surface area contributed by atoms with Gasteiger partial charge in [0.15, 0.2) is 0 Å². The zero-order chi connectivity index (χ0) is 42.9. The molecule has 0 bridgehead atoms. The summed E-state index contributed by atoms with van der Waals surface area (Å²) in [7, 11) is 0. The Labute approximate surface area is 376 Å². The summed E-state index contributed by atoms with van der Waals surface area (Å²) in [6.45, 7) is 14.9. The number of benzene rings is 7. The molecule has 2 saturated carbocycles. The van der Waals surface area contributed by atoms with Crippen LogP contribution in [0.2, 0.25) is 0 Å². The first-order chi connectivity index (χ1) is 30.5. The summed E-state index contributed by atoms with van der Waals surface area (Å²) in [5.74, 6) is 0. The van der Waals surface area contributed by atoms with Gasteiger partial charge in [-0.1, -0.05) is 166 Å². The van der Waals surface area contributed by atoms with Gasteiger partial charge < -0.3 is 9.80 Å². The van der Waals surface area contributed by atoms with Gasteiger partial charge in [0.1, 0.15) is 0 Å². The maximum Gasteiger partial charge on any atom is 0.0715 e. The van der Waals surface area contributed by atoms with Crippen molar-refractivity contribution in [2.24, 2.45) is 10.8 Å². The molecule has 0 aromatic heterocycles. The maximum absolute atomic E-state index is 2.86. The van der Waals surface area contributed by atoms with E-state index in [2.05, 4.69) is 197 Å². The van der Waals surface area contributed by atoms with Gasteiger partial charge in [0.2, 0.25) is 0 Å². The zero-order valence-electron chi connectivity index (χ0n) is 38.3. The van der Waals surface area contributed by atoms with Crippen molar-refractivity contribution in [2.75, 3.05) is 9.80 Å². The topological polar surface area (TPSA) is 6.48 Å². The zero-order valence-corrected chi connectivity index (χ0v) is 38.3. The van der Waals surface area contributed by atoms with Gasteiger partial charge in [-0.3, -0.25) is 0 Å². The Hall–Kier alpha value is -5.60. The average Bonchev–Trinajstić information content (AvgIpc) is 3.58. The molecule has 2 heterocycles. The fraction of sp³-hybridized carbons (Fsp3) is 0.344. The normalized spacial score (nSPS) is 26.6. The summed E-state index contributed by atoms with van der Waals surface area (Å²) in [4.78, 5) is 5.68. The fourth-order valence-corrected chi connectivity index (χ4v) is 14.4. The fourth-order valence-electron chi connectivity index (χ4n) is 14.4. The van der Waals surface area contributed by atoms with Crippen LogP contribution in [0.3, 0.4) is 0 Å². The third-order valence-corrected chi connectivity index (χ3v) is 18.0. The molecule has 316 valence electrons. The lowest BCUT2D eigenvalue weighted by Crippen LogP contribution is -2.60. The highest BCUT2D eigenvalue weighted by Crippen LogP contribution is 2.64. The van der Waals surface area contributed by atoms with E-state index in [1.165, 1.54) is 141 Å². The molecular weight excluding hydrogens is 761 g/mol. The van der Waals surface area contributed by atoms with Crippen molar-refractivity contribution in [1.82, 2.24) is 0 Å². The van der Waals surface area contributed by atoms with Gasteiger partial charge in [-0.15, -0.1) is 0 Å². The van der Waals surface area contributed by atoms with Crippen molar-refractivity contribution in [1.29, 1.82) is 0 Å². The Kier molecular flexibility index (Phi) is 8.49. The Balaban J connectivity index is 1.19. The first-order valence-corrected chi connectivity index (χ1v) is 24.1. The van der Waals surface area contributed by atoms with Gasteiger partial charge in [-0.05, 0) is 157 Å². The van der Waals surface area contributed by atoms with Gasteiger partial charge in [0, 0.05) is 39.2 Å². The third kappa shape index (κ3) is 5.24. The second-order valence-electron chi connectivity index (χ2n) is 21.4. The van der Waals surface area contributed by atoms with Crippen molar-refractivity contribution in [2.45, 2.75) is 122 Å². The molecule has 12 rings (SSSR count). The van der Waals surface area contributed by atoms with Crippen LogP contribution in [0.5, 0.6) is 0 Å². The van der Waals surface area contributed by atoms with E-state index in [1.54, 1.807) is 0 Å². The highest BCUT2D eigenvalue weighted by molar-refractivity contribution is 6.10. The molecule has 7 aromatic rings. The van der Waals surface area contributed by atoms with E-state index in [0.717, 1.165) is 12.8 Å². The Morgan fingerprint density at radius 3 is 1.52 bits per heavy atom. The molecule has 0 radical (unpaired) electrons. The first-order valence-electron chi connectivity index (χ1n) is 24.1. The molecule has 2 fully saturated rings. The predicted octanol–water partition coefficient (Wildman–Crippen LogP) is 15.9. The highest BCUT2D eigenvalue weighted by Gasteiger charge is 2.57. The Bertz CT molecular complexity index is 2920. The van der Waals surface area contributed by atoms with Crippen molar-refractivity contribution in [3.63, 3.8) is 0 Å². The number of hydrogen-bond acceptors (Lipinski definition) is 2. The summed E-state index contributed by atoms with van der Waals surface area (Å²) in [5, 5.41) is 2.69. The van der Waals surface area contributed by atoms with E-state index in [9.17, 15) is 0 Å². The predicted molar refractivity (Wildman–Crippen MR) is 265 cm³/mol. The third-order valence-electron chi connectivity index (χ3n) is 18.0. The van der Waals surface area contributed by atoms with Crippen LogP contribution in [-0.4, -0.2) is 11.1 Å². The lowest BCUT2D eigenvalue weighted by atomic mass is 9.57. The van der Waals surface area contributed by atoms with Crippen LogP contribution in [0.25, 0.3) is 21.9 Å². The lowest BCUT2D eigenvalue weighted by Gasteiger charge is -2.60. The SMILES string of the molecule is Cc1ccc2c(c1)CC1(C)CCCCC1(C)N2c1ccc2c(c1)C(c1ccccc1)(c1ccccc1)c1cc(N3c4ccc(C)cc4CC4(C)CCCCC34C)c3ccccc3c1-2. The van der Waals surface area contributed by atoms with Crippen LogP contribution < -0.4 is 9.80 Å². The van der Waals surface area contributed by atoms with Crippen molar-refractivity contribution < 1.29 is 0 Å². The van der Waals surface area contributed by atoms with Crippen LogP contribution in [0.15, 0.2) is 146 Å². The molecule has 4 atom stereocenters. The number of nitrogens with zero attached hydrogens (tertiary/aromatic N) is 2. The largest absolute Gasteiger partial charge is 0.335 e. The molecule has 0 amide bonds. The molecule has 3 aliphatic carbocycles. The van der Waals surface area contributed by atoms with Crippen molar-refractivity contribution in [3.8, 4) is 11.1 Å². The molecule has 2 aliphatic heterocycles. The number of rotatable bonds is 4. The van der Waals surface area contributed by atoms with Crippen LogP contribution in [0, 0.1) is 24.7 Å². The lowest BCUT2D eigenvalue weighted by molar-refractivity contribution is 0.0862. The average molecular weight is 823 g/mol. The first kappa shape index (κ1) is 39.0. The number of hydrogen-bond donors (Lipinski definition) is 0. The van der Waals surface area contributed by atoms with E-state index in [1.807, 2.05) is 0 Å². The van der Waals surface area contributed by atoms with E-state index < -0.39 is 5.41 Å². The van der Waals surface area contributed by atoms with Gasteiger partial charge in [0.25, 0.3) is 0 Å². The summed E-state index contributed by atoms with van der Waals surface area (Å²) < 4.78 is 0. The van der Waals surface area contributed by atoms with Crippen LogP contribution >= 0.6 is 0 Å². The standard InChI is InChI=1S/C61H62N2/c1-41-25-29-53-43(35-41)39-57(3)31-15-17-33-59(57,5)62(53)47-27-28-50-51(37-47)61(45-19-9-7-10-20-45,46-21-11-8-12-22-46)52-38-55(48-23-13-14-24-49(48)56(50)52)63-54-30-26-42(2)36-44(54)40-58(4)32-16-18-34-60(58,63)6/h7-14,19-30,35-38H,15-18,31-34,39-40H2,1-6H3. The van der Waals surface area contributed by atoms with Gasteiger partial charge in [-0.25, -0.2) is 0 Å². The monoisotopic (exact) mass is 822 g/mol. The maximum atomic E-state index is 2.86. The highest BCUT2D eigenvalue weighted by atomic mass is 15.2. The molecule has 0 N–H and O–H groups in total. The molecule has 2 heteroatoms. The summed E-state index contributed by atoms with van der Waals surface area (Å²) >= 11 is 0. The van der Waals surface area contributed by atoms with Gasteiger partial charge in [-0.2, -0.15) is 0 Å². The number of anilines is 4. The summed E-state index contributed by atoms with van der Waals surface area (Å²) in [5.41, 5.74) is 19.0. The van der Waals surface area contributed by atoms with E-state index in [-0.39, 0.29) is 21.9 Å². The van der Waals surface area contributed by atoms with E-state index in [0.29, 0.717) is 0 Å². The Morgan fingerprint density at radius 2 is 0.937 bits per heavy atom. The Morgan fingerprint density at radius 1 is 0.429 bits per heavy atom. The number of aryl methyl sites for hydroxylation is 2. The molecular formula is C61H62N2. The van der Waals surface area contributed by atoms with Gasteiger partial charge in [0.05, 0.1) is 5.41 Å². The molecule has 5 aliphatic rings. The van der Waals surface area contributed by atoms with Crippen LogP contribution in [0.4, 0.5) is 22.7 Å². The second-order valence-corrected chi connectivity index (χ2v) is 21.4. The molecule has 4 unspecified atom stereocenters. The van der Waals surface area contributed by atoms with Crippen LogP contribution in [-0.2, 0) is 18.3 Å². The molecule has 0 spiro atoms. The molecule has 63 heavy (non-hydrogen) atoms. The summed E-state index contributed by atoms with van der Waals surface area (Å²) in [6.07, 6.45) is 12.3. The van der Waals surface area contributed by atoms with E-state index >= 15 is 0 Å². The van der Waals surface area contributed by atoms with Crippen molar-refractivity contribution >= 4 is 33.5 Å². The summed E-state index contributed by atoms with van der Waals surface area (Å²) in [6, 6.07) is 57.4. The van der Waals surface area contributed by atoms with Crippen molar-refractivity contribution in [3.05, 3.63) is 190 Å². The number of fused-ring (bicyclic) bond motifs is 9. The van der Waals surface area contributed by atoms with Gasteiger partial charge >= 0.3 is 0 Å². The molecule has 2 nitrogen and oxygen atoms in total. The quantitative estimate of drug-likeness (QED) is 0.174. The minimum absolute atomic E-state index is 0.0165. The minimum Gasteiger partial charge on any atom is -0.335 e. The minimum atomic E-state index is -0.562.